The number of hydrogen-bond acceptors (Lipinski definition) is 3. The first kappa shape index (κ1) is 16.6. The molecule has 3 aromatic carbocycles. The standard InChI is InChI=1S/C20H18N2O3S/c1-26(24,25)22-18-8-3-2-6-16(18)20(23)21-17-12-11-14-10-9-13-5-4-7-15(17)19(13)14/h2-8,11-12,22H,9-10H2,1H3,(H,21,23). The number of nitrogens with one attached hydrogen (secondary N) is 2. The zero-order chi connectivity index (χ0) is 18.3. The maximum atomic E-state index is 12.8. The number of para-hydroxylation sites is 1. The third kappa shape index (κ3) is 3.04. The van der Waals surface area contributed by atoms with Gasteiger partial charge in [0.15, 0.2) is 0 Å². The van der Waals surface area contributed by atoms with Crippen molar-refractivity contribution in [3.05, 3.63) is 71.3 Å². The minimum atomic E-state index is -3.47. The van der Waals surface area contributed by atoms with E-state index in [-0.39, 0.29) is 17.2 Å². The third-order valence-corrected chi connectivity index (χ3v) is 5.18. The highest BCUT2D eigenvalue weighted by Gasteiger charge is 2.18. The number of rotatable bonds is 4. The molecule has 0 unspecified atom stereocenters. The van der Waals surface area contributed by atoms with Gasteiger partial charge in [-0.1, -0.05) is 36.4 Å². The SMILES string of the molecule is CS(=O)(=O)Nc1ccccc1C(=O)Nc1ccc2c3c(cccc13)CC2. The molecule has 2 N–H and O–H groups in total. The lowest BCUT2D eigenvalue weighted by Gasteiger charge is -2.13. The molecule has 1 aliphatic rings. The number of aryl methyl sites for hydroxylation is 2. The summed E-state index contributed by atoms with van der Waals surface area (Å²) >= 11 is 0. The number of sulfonamides is 1. The van der Waals surface area contributed by atoms with Crippen molar-refractivity contribution in [1.82, 2.24) is 0 Å². The summed E-state index contributed by atoms with van der Waals surface area (Å²) in [4.78, 5) is 12.8. The molecular formula is C20H18N2O3S. The van der Waals surface area contributed by atoms with Crippen molar-refractivity contribution in [3.63, 3.8) is 0 Å². The lowest BCUT2D eigenvalue weighted by molar-refractivity contribution is 0.102. The topological polar surface area (TPSA) is 75.3 Å². The van der Waals surface area contributed by atoms with Gasteiger partial charge in [0, 0.05) is 11.1 Å². The van der Waals surface area contributed by atoms with E-state index in [1.165, 1.54) is 16.5 Å². The van der Waals surface area contributed by atoms with Crippen LogP contribution < -0.4 is 10.0 Å². The van der Waals surface area contributed by atoms with Gasteiger partial charge in [-0.25, -0.2) is 8.42 Å². The first-order chi connectivity index (χ1) is 12.4. The number of amides is 1. The van der Waals surface area contributed by atoms with Crippen LogP contribution in [0.25, 0.3) is 10.8 Å². The fourth-order valence-electron chi connectivity index (χ4n) is 3.52. The molecule has 1 amide bonds. The van der Waals surface area contributed by atoms with Crippen LogP contribution in [-0.2, 0) is 22.9 Å². The van der Waals surface area contributed by atoms with E-state index in [0.717, 1.165) is 30.2 Å². The van der Waals surface area contributed by atoms with Gasteiger partial charge in [-0.2, -0.15) is 0 Å². The van der Waals surface area contributed by atoms with E-state index in [1.807, 2.05) is 18.2 Å². The van der Waals surface area contributed by atoms with E-state index in [9.17, 15) is 13.2 Å². The summed E-state index contributed by atoms with van der Waals surface area (Å²) in [6.07, 6.45) is 3.10. The molecule has 6 heteroatoms. The highest BCUT2D eigenvalue weighted by molar-refractivity contribution is 7.92. The van der Waals surface area contributed by atoms with Crippen molar-refractivity contribution in [2.75, 3.05) is 16.3 Å². The predicted molar refractivity (Wildman–Crippen MR) is 104 cm³/mol. The quantitative estimate of drug-likeness (QED) is 0.741. The molecule has 0 aliphatic heterocycles. The van der Waals surface area contributed by atoms with E-state index in [4.69, 9.17) is 0 Å². The molecular weight excluding hydrogens is 348 g/mol. The van der Waals surface area contributed by atoms with Crippen LogP contribution in [0.15, 0.2) is 54.6 Å². The van der Waals surface area contributed by atoms with E-state index >= 15 is 0 Å². The van der Waals surface area contributed by atoms with Crippen molar-refractivity contribution in [2.24, 2.45) is 0 Å². The van der Waals surface area contributed by atoms with Gasteiger partial charge in [-0.3, -0.25) is 9.52 Å². The minimum Gasteiger partial charge on any atom is -0.321 e. The summed E-state index contributed by atoms with van der Waals surface area (Å²) < 4.78 is 25.5. The van der Waals surface area contributed by atoms with Gasteiger partial charge >= 0.3 is 0 Å². The van der Waals surface area contributed by atoms with Crippen LogP contribution in [0.2, 0.25) is 0 Å². The maximum Gasteiger partial charge on any atom is 0.257 e. The fourth-order valence-corrected chi connectivity index (χ4v) is 4.09. The number of carbonyl (C=O) groups excluding carboxylic acids is 1. The lowest BCUT2D eigenvalue weighted by atomic mass is 10.0. The second kappa shape index (κ2) is 6.14. The molecule has 26 heavy (non-hydrogen) atoms. The zero-order valence-corrected chi connectivity index (χ0v) is 15.1. The summed E-state index contributed by atoms with van der Waals surface area (Å²) in [5.74, 6) is -0.351. The van der Waals surface area contributed by atoms with Gasteiger partial charge in [-0.15, -0.1) is 0 Å². The first-order valence-corrected chi connectivity index (χ1v) is 10.2. The Balaban J connectivity index is 1.72. The molecule has 132 valence electrons. The second-order valence-corrected chi connectivity index (χ2v) is 8.23. The normalized spacial score (nSPS) is 13.0. The molecule has 0 radical (unpaired) electrons. The fraction of sp³-hybridized carbons (Fsp3) is 0.150. The van der Waals surface area contributed by atoms with Gasteiger partial charge in [0.2, 0.25) is 10.0 Å². The minimum absolute atomic E-state index is 0.262. The average Bonchev–Trinajstić information content (AvgIpc) is 3.01. The summed E-state index contributed by atoms with van der Waals surface area (Å²) in [5.41, 5.74) is 3.87. The maximum absolute atomic E-state index is 12.8. The van der Waals surface area contributed by atoms with Gasteiger partial charge < -0.3 is 5.32 Å². The van der Waals surface area contributed by atoms with Crippen LogP contribution in [-0.4, -0.2) is 20.6 Å². The van der Waals surface area contributed by atoms with Crippen molar-refractivity contribution < 1.29 is 13.2 Å². The highest BCUT2D eigenvalue weighted by Crippen LogP contribution is 2.35. The van der Waals surface area contributed by atoms with Crippen molar-refractivity contribution in [2.45, 2.75) is 12.8 Å². The molecule has 0 aromatic heterocycles. The van der Waals surface area contributed by atoms with Crippen molar-refractivity contribution >= 4 is 38.1 Å². The highest BCUT2D eigenvalue weighted by atomic mass is 32.2. The zero-order valence-electron chi connectivity index (χ0n) is 14.2. The molecule has 0 spiro atoms. The predicted octanol–water partition coefficient (Wildman–Crippen LogP) is 3.56. The molecule has 0 bridgehead atoms. The Morgan fingerprint density at radius 3 is 2.38 bits per heavy atom. The van der Waals surface area contributed by atoms with E-state index in [0.29, 0.717) is 0 Å². The molecule has 3 aromatic rings. The summed E-state index contributed by atoms with van der Waals surface area (Å²) in [6.45, 7) is 0. The molecule has 1 aliphatic carbocycles. The van der Waals surface area contributed by atoms with E-state index < -0.39 is 10.0 Å². The molecule has 5 nitrogen and oxygen atoms in total. The van der Waals surface area contributed by atoms with Crippen molar-refractivity contribution in [3.8, 4) is 0 Å². The van der Waals surface area contributed by atoms with Crippen LogP contribution in [0, 0.1) is 0 Å². The molecule has 0 saturated heterocycles. The Kier molecular flexibility index (Phi) is 3.92. The molecule has 0 fully saturated rings. The monoisotopic (exact) mass is 366 g/mol. The first-order valence-electron chi connectivity index (χ1n) is 8.34. The second-order valence-electron chi connectivity index (χ2n) is 6.49. The number of carbonyl (C=O) groups is 1. The Morgan fingerprint density at radius 2 is 1.62 bits per heavy atom. The van der Waals surface area contributed by atoms with Crippen LogP contribution in [0.4, 0.5) is 11.4 Å². The molecule has 4 rings (SSSR count). The summed E-state index contributed by atoms with van der Waals surface area (Å²) in [6, 6.07) is 16.7. The molecule has 0 heterocycles. The van der Waals surface area contributed by atoms with Gasteiger partial charge in [0.05, 0.1) is 17.5 Å². The Morgan fingerprint density at radius 1 is 0.885 bits per heavy atom. The number of hydrogen-bond donors (Lipinski definition) is 2. The smallest absolute Gasteiger partial charge is 0.257 e. The lowest BCUT2D eigenvalue weighted by Crippen LogP contribution is -2.17. The summed E-state index contributed by atoms with van der Waals surface area (Å²) in [7, 11) is -3.47. The van der Waals surface area contributed by atoms with E-state index in [2.05, 4.69) is 22.2 Å². The van der Waals surface area contributed by atoms with Crippen LogP contribution in [0.5, 0.6) is 0 Å². The number of benzene rings is 3. The average molecular weight is 366 g/mol. The van der Waals surface area contributed by atoms with Gasteiger partial charge in [0.25, 0.3) is 5.91 Å². The van der Waals surface area contributed by atoms with E-state index in [1.54, 1.807) is 24.3 Å². The third-order valence-electron chi connectivity index (χ3n) is 4.59. The van der Waals surface area contributed by atoms with Crippen LogP contribution in [0.3, 0.4) is 0 Å². The van der Waals surface area contributed by atoms with Gasteiger partial charge in [0.1, 0.15) is 0 Å². The molecule has 0 saturated carbocycles. The summed E-state index contributed by atoms with van der Waals surface area (Å²) in [5, 5.41) is 5.16. The van der Waals surface area contributed by atoms with Crippen LogP contribution >= 0.6 is 0 Å². The largest absolute Gasteiger partial charge is 0.321 e. The van der Waals surface area contributed by atoms with Crippen molar-refractivity contribution in [1.29, 1.82) is 0 Å². The Hall–Kier alpha value is -2.86. The number of anilines is 2. The Bertz CT molecular complexity index is 1130. The Labute approximate surface area is 152 Å². The molecule has 0 atom stereocenters. The van der Waals surface area contributed by atoms with Gasteiger partial charge in [-0.05, 0) is 47.6 Å². The van der Waals surface area contributed by atoms with Crippen LogP contribution in [0.1, 0.15) is 21.5 Å².